The van der Waals surface area contributed by atoms with E-state index in [0.717, 1.165) is 21.3 Å². The number of nitrogens with one attached hydrogen (secondary N) is 1. The lowest BCUT2D eigenvalue weighted by molar-refractivity contribution is 0.0919. The smallest absolute Gasteiger partial charge is 0.251 e. The van der Waals surface area contributed by atoms with Gasteiger partial charge in [-0.05, 0) is 52.0 Å². The van der Waals surface area contributed by atoms with Crippen molar-refractivity contribution in [1.82, 2.24) is 10.3 Å². The fourth-order valence-corrected chi connectivity index (χ4v) is 3.26. The molecule has 5 heteroatoms. The summed E-state index contributed by atoms with van der Waals surface area (Å²) in [7, 11) is 0. The Morgan fingerprint density at radius 1 is 1.29 bits per heavy atom. The lowest BCUT2D eigenvalue weighted by Gasteiger charge is -2.20. The van der Waals surface area contributed by atoms with Gasteiger partial charge in [0.2, 0.25) is 0 Å². The molecule has 1 aromatic heterocycles. The van der Waals surface area contributed by atoms with Gasteiger partial charge in [0, 0.05) is 27.1 Å². The number of nitrogens with zero attached hydrogens (tertiary/aromatic N) is 1. The number of hydrogen-bond donors (Lipinski definition) is 1. The number of rotatable bonds is 4. The van der Waals surface area contributed by atoms with Crippen LogP contribution in [0.1, 0.15) is 41.8 Å². The van der Waals surface area contributed by atoms with Crippen LogP contribution in [0.4, 0.5) is 0 Å². The fourth-order valence-electron chi connectivity index (χ4n) is 1.75. The summed E-state index contributed by atoms with van der Waals surface area (Å²) in [6.07, 6.45) is 0. The van der Waals surface area contributed by atoms with E-state index >= 15 is 0 Å². The Morgan fingerprint density at radius 2 is 1.95 bits per heavy atom. The summed E-state index contributed by atoms with van der Waals surface area (Å²) in [6, 6.07) is 7.72. The molecule has 1 aromatic carbocycles. The monoisotopic (exact) mass is 320 g/mol. The SMILES string of the molecule is Cc1nc(CSc2ccc(C(=O)NC(C)(C)C)cc2)cs1. The van der Waals surface area contributed by atoms with Gasteiger partial charge >= 0.3 is 0 Å². The highest BCUT2D eigenvalue weighted by Crippen LogP contribution is 2.24. The molecular formula is C16H20N2OS2. The van der Waals surface area contributed by atoms with Crippen LogP contribution in [0.3, 0.4) is 0 Å². The first-order valence-electron chi connectivity index (χ1n) is 6.80. The van der Waals surface area contributed by atoms with E-state index in [1.807, 2.05) is 52.0 Å². The van der Waals surface area contributed by atoms with Crippen LogP contribution in [0.15, 0.2) is 34.5 Å². The van der Waals surface area contributed by atoms with Crippen molar-refractivity contribution in [1.29, 1.82) is 0 Å². The minimum atomic E-state index is -0.215. The van der Waals surface area contributed by atoms with Crippen LogP contribution in [0.25, 0.3) is 0 Å². The van der Waals surface area contributed by atoms with Gasteiger partial charge in [0.25, 0.3) is 5.91 Å². The van der Waals surface area contributed by atoms with Crippen molar-refractivity contribution in [3.63, 3.8) is 0 Å². The van der Waals surface area contributed by atoms with Crippen molar-refractivity contribution >= 4 is 29.0 Å². The van der Waals surface area contributed by atoms with Gasteiger partial charge in [-0.15, -0.1) is 23.1 Å². The maximum Gasteiger partial charge on any atom is 0.251 e. The van der Waals surface area contributed by atoms with E-state index in [9.17, 15) is 4.79 Å². The van der Waals surface area contributed by atoms with E-state index in [0.29, 0.717) is 5.56 Å². The molecule has 0 aliphatic rings. The van der Waals surface area contributed by atoms with E-state index in [2.05, 4.69) is 15.7 Å². The largest absolute Gasteiger partial charge is 0.347 e. The van der Waals surface area contributed by atoms with Crippen molar-refractivity contribution < 1.29 is 4.79 Å². The Balaban J connectivity index is 1.94. The van der Waals surface area contributed by atoms with Gasteiger partial charge in [-0.2, -0.15) is 0 Å². The van der Waals surface area contributed by atoms with Gasteiger partial charge in [0.05, 0.1) is 10.7 Å². The summed E-state index contributed by atoms with van der Waals surface area (Å²) in [6.45, 7) is 7.95. The van der Waals surface area contributed by atoms with Crippen molar-refractivity contribution in [3.05, 3.63) is 45.9 Å². The standard InChI is InChI=1S/C16H20N2OS2/c1-11-17-13(9-20-11)10-21-14-7-5-12(6-8-14)15(19)18-16(2,3)4/h5-9H,10H2,1-4H3,(H,18,19). The summed E-state index contributed by atoms with van der Waals surface area (Å²) in [5, 5.41) is 6.15. The van der Waals surface area contributed by atoms with Crippen molar-refractivity contribution in [2.45, 2.75) is 43.9 Å². The molecule has 0 saturated carbocycles. The highest BCUT2D eigenvalue weighted by Gasteiger charge is 2.14. The lowest BCUT2D eigenvalue weighted by Crippen LogP contribution is -2.40. The van der Waals surface area contributed by atoms with Crippen molar-refractivity contribution in [3.8, 4) is 0 Å². The number of benzene rings is 1. The fraction of sp³-hybridized carbons (Fsp3) is 0.375. The predicted molar refractivity (Wildman–Crippen MR) is 90.1 cm³/mol. The first kappa shape index (κ1) is 16.0. The van der Waals surface area contributed by atoms with E-state index < -0.39 is 0 Å². The Bertz CT molecular complexity index is 612. The molecule has 0 radical (unpaired) electrons. The quantitative estimate of drug-likeness (QED) is 0.855. The molecule has 1 heterocycles. The molecule has 0 aliphatic heterocycles. The summed E-state index contributed by atoms with van der Waals surface area (Å²) in [5.74, 6) is 0.826. The Kier molecular flexibility index (Phi) is 5.06. The first-order chi connectivity index (χ1) is 9.83. The number of amides is 1. The third-order valence-corrected chi connectivity index (χ3v) is 4.53. The van der Waals surface area contributed by atoms with Crippen LogP contribution >= 0.6 is 23.1 Å². The van der Waals surface area contributed by atoms with E-state index in [-0.39, 0.29) is 11.4 Å². The second kappa shape index (κ2) is 6.62. The summed E-state index contributed by atoms with van der Waals surface area (Å²) < 4.78 is 0. The van der Waals surface area contributed by atoms with Gasteiger partial charge in [0.15, 0.2) is 0 Å². The highest BCUT2D eigenvalue weighted by atomic mass is 32.2. The average Bonchev–Trinajstić information content (AvgIpc) is 2.81. The van der Waals surface area contributed by atoms with Gasteiger partial charge in [0.1, 0.15) is 0 Å². The molecule has 2 rings (SSSR count). The molecule has 0 fully saturated rings. The topological polar surface area (TPSA) is 42.0 Å². The number of thiazole rings is 1. The molecule has 1 amide bonds. The van der Waals surface area contributed by atoms with E-state index in [1.165, 1.54) is 0 Å². The molecular weight excluding hydrogens is 300 g/mol. The van der Waals surface area contributed by atoms with Crippen LogP contribution in [0, 0.1) is 6.92 Å². The second-order valence-corrected chi connectivity index (χ2v) is 7.99. The summed E-state index contributed by atoms with van der Waals surface area (Å²) in [5.41, 5.74) is 1.59. The predicted octanol–water partition coefficient (Wildman–Crippen LogP) is 4.27. The minimum Gasteiger partial charge on any atom is -0.347 e. The number of aromatic nitrogens is 1. The van der Waals surface area contributed by atoms with Gasteiger partial charge in [-0.1, -0.05) is 0 Å². The molecule has 21 heavy (non-hydrogen) atoms. The molecule has 0 saturated heterocycles. The Labute approximate surface area is 134 Å². The zero-order valence-electron chi connectivity index (χ0n) is 12.8. The van der Waals surface area contributed by atoms with Crippen molar-refractivity contribution in [2.24, 2.45) is 0 Å². The van der Waals surface area contributed by atoms with Gasteiger partial charge < -0.3 is 5.32 Å². The molecule has 1 N–H and O–H groups in total. The number of carbonyl (C=O) groups is 1. The number of aryl methyl sites for hydroxylation is 1. The Morgan fingerprint density at radius 3 is 2.48 bits per heavy atom. The van der Waals surface area contributed by atoms with Crippen LogP contribution < -0.4 is 5.32 Å². The third kappa shape index (κ3) is 5.17. The van der Waals surface area contributed by atoms with Crippen molar-refractivity contribution in [2.75, 3.05) is 0 Å². The highest BCUT2D eigenvalue weighted by molar-refractivity contribution is 7.98. The van der Waals surface area contributed by atoms with E-state index in [4.69, 9.17) is 0 Å². The van der Waals surface area contributed by atoms with Crippen LogP contribution in [0.2, 0.25) is 0 Å². The molecule has 0 bridgehead atoms. The second-order valence-electron chi connectivity index (χ2n) is 5.88. The van der Waals surface area contributed by atoms with Crippen LogP contribution in [-0.2, 0) is 5.75 Å². The molecule has 2 aromatic rings. The molecule has 0 aliphatic carbocycles. The normalized spacial score (nSPS) is 11.4. The molecule has 0 spiro atoms. The maximum atomic E-state index is 12.0. The van der Waals surface area contributed by atoms with Gasteiger partial charge in [-0.25, -0.2) is 4.98 Å². The zero-order valence-corrected chi connectivity index (χ0v) is 14.4. The first-order valence-corrected chi connectivity index (χ1v) is 8.66. The Hall–Kier alpha value is -1.33. The average molecular weight is 320 g/mol. The zero-order chi connectivity index (χ0) is 15.5. The summed E-state index contributed by atoms with van der Waals surface area (Å²) in [4.78, 5) is 17.6. The summed E-state index contributed by atoms with van der Waals surface area (Å²) >= 11 is 3.41. The van der Waals surface area contributed by atoms with Crippen LogP contribution in [0.5, 0.6) is 0 Å². The van der Waals surface area contributed by atoms with Crippen LogP contribution in [-0.4, -0.2) is 16.4 Å². The maximum absolute atomic E-state index is 12.0. The third-order valence-electron chi connectivity index (χ3n) is 2.66. The molecule has 112 valence electrons. The number of thioether (sulfide) groups is 1. The van der Waals surface area contributed by atoms with E-state index in [1.54, 1.807) is 23.1 Å². The lowest BCUT2D eigenvalue weighted by atomic mass is 10.1. The molecule has 0 atom stereocenters. The number of carbonyl (C=O) groups excluding carboxylic acids is 1. The molecule has 0 unspecified atom stereocenters. The molecule has 3 nitrogen and oxygen atoms in total. The van der Waals surface area contributed by atoms with Gasteiger partial charge in [-0.3, -0.25) is 4.79 Å². The minimum absolute atomic E-state index is 0.0332. The number of hydrogen-bond acceptors (Lipinski definition) is 4.